The molecule has 2 heterocycles. The van der Waals surface area contributed by atoms with E-state index in [1.54, 1.807) is 26.6 Å². The van der Waals surface area contributed by atoms with E-state index in [4.69, 9.17) is 9.47 Å². The molecule has 0 N–H and O–H groups in total. The maximum Gasteiger partial charge on any atom is 0.123 e. The summed E-state index contributed by atoms with van der Waals surface area (Å²) in [5, 5.41) is 0. The van der Waals surface area contributed by atoms with E-state index >= 15 is 0 Å². The summed E-state index contributed by atoms with van der Waals surface area (Å²) in [6.07, 6.45) is 7.97. The van der Waals surface area contributed by atoms with Gasteiger partial charge in [0, 0.05) is 53.5 Å². The Morgan fingerprint density at radius 3 is 1.48 bits per heavy atom. The van der Waals surface area contributed by atoms with E-state index in [1.807, 2.05) is 48.8 Å². The van der Waals surface area contributed by atoms with Gasteiger partial charge in [-0.05, 0) is 35.4 Å². The van der Waals surface area contributed by atoms with Crippen LogP contribution in [0.3, 0.4) is 0 Å². The van der Waals surface area contributed by atoms with Crippen LogP contribution < -0.4 is 9.47 Å². The molecule has 0 aliphatic carbocycles. The van der Waals surface area contributed by atoms with Crippen molar-refractivity contribution in [3.05, 3.63) is 96.6 Å². The summed E-state index contributed by atoms with van der Waals surface area (Å²) in [6, 6.07) is 20.2. The molecule has 0 atom stereocenters. The molecule has 0 unspecified atom stereocenters. The summed E-state index contributed by atoms with van der Waals surface area (Å²) >= 11 is 0. The van der Waals surface area contributed by atoms with Gasteiger partial charge in [-0.1, -0.05) is 36.4 Å². The summed E-state index contributed by atoms with van der Waals surface area (Å²) in [5.74, 6) is 1.68. The minimum atomic E-state index is 0.655. The fourth-order valence-corrected chi connectivity index (χ4v) is 3.64. The SMILES string of the molecule is COc1cccc(-c2cccnc2)c1Cc1c(OC)cccc1-c1cccnc1. The van der Waals surface area contributed by atoms with Crippen LogP contribution >= 0.6 is 0 Å². The number of hydrogen-bond acceptors (Lipinski definition) is 4. The lowest BCUT2D eigenvalue weighted by Crippen LogP contribution is -2.01. The van der Waals surface area contributed by atoms with Gasteiger partial charge in [0.1, 0.15) is 11.5 Å². The van der Waals surface area contributed by atoms with Crippen LogP contribution in [0.25, 0.3) is 22.3 Å². The Morgan fingerprint density at radius 1 is 0.621 bits per heavy atom. The molecule has 0 aliphatic rings. The van der Waals surface area contributed by atoms with Crippen LogP contribution in [0, 0.1) is 0 Å². The first-order valence-corrected chi connectivity index (χ1v) is 9.44. The first-order chi connectivity index (χ1) is 14.3. The molecule has 4 aromatic rings. The number of benzene rings is 2. The lowest BCUT2D eigenvalue weighted by Gasteiger charge is -2.18. The second kappa shape index (κ2) is 8.57. The van der Waals surface area contributed by atoms with E-state index in [0.717, 1.165) is 44.9 Å². The van der Waals surface area contributed by atoms with Gasteiger partial charge in [-0.2, -0.15) is 0 Å². The first-order valence-electron chi connectivity index (χ1n) is 9.44. The van der Waals surface area contributed by atoms with Crippen molar-refractivity contribution in [1.82, 2.24) is 9.97 Å². The topological polar surface area (TPSA) is 44.2 Å². The average Bonchev–Trinajstić information content (AvgIpc) is 2.80. The van der Waals surface area contributed by atoms with Crippen LogP contribution in [-0.4, -0.2) is 24.2 Å². The van der Waals surface area contributed by atoms with Gasteiger partial charge in [0.2, 0.25) is 0 Å². The van der Waals surface area contributed by atoms with Crippen molar-refractivity contribution in [1.29, 1.82) is 0 Å². The monoisotopic (exact) mass is 382 g/mol. The highest BCUT2D eigenvalue weighted by Gasteiger charge is 2.17. The standard InChI is InChI=1S/C25H22N2O2/c1-28-24-11-3-9-20(18-7-5-13-26-16-18)22(24)15-23-21(10-4-12-25(23)29-2)19-8-6-14-27-17-19/h3-14,16-17H,15H2,1-2H3. The van der Waals surface area contributed by atoms with Crippen LogP contribution in [0.5, 0.6) is 11.5 Å². The Labute approximate surface area is 170 Å². The van der Waals surface area contributed by atoms with Crippen molar-refractivity contribution < 1.29 is 9.47 Å². The van der Waals surface area contributed by atoms with Gasteiger partial charge in [0.15, 0.2) is 0 Å². The molecule has 29 heavy (non-hydrogen) atoms. The van der Waals surface area contributed by atoms with Crippen LogP contribution in [0.2, 0.25) is 0 Å². The largest absolute Gasteiger partial charge is 0.496 e. The Balaban J connectivity index is 1.89. The zero-order valence-electron chi connectivity index (χ0n) is 16.5. The molecule has 0 bridgehead atoms. The second-order valence-corrected chi connectivity index (χ2v) is 6.63. The van der Waals surface area contributed by atoms with E-state index in [-0.39, 0.29) is 0 Å². The minimum Gasteiger partial charge on any atom is -0.496 e. The van der Waals surface area contributed by atoms with Crippen molar-refractivity contribution in [3.63, 3.8) is 0 Å². The quantitative estimate of drug-likeness (QED) is 0.447. The molecule has 0 saturated carbocycles. The maximum atomic E-state index is 5.73. The second-order valence-electron chi connectivity index (χ2n) is 6.63. The third kappa shape index (κ3) is 3.83. The molecule has 0 radical (unpaired) electrons. The number of ether oxygens (including phenoxy) is 2. The normalized spacial score (nSPS) is 10.6. The van der Waals surface area contributed by atoms with Crippen molar-refractivity contribution in [3.8, 4) is 33.8 Å². The Bertz CT molecular complexity index is 1010. The highest BCUT2D eigenvalue weighted by atomic mass is 16.5. The van der Waals surface area contributed by atoms with Crippen LogP contribution in [0.1, 0.15) is 11.1 Å². The number of hydrogen-bond donors (Lipinski definition) is 0. The predicted molar refractivity (Wildman–Crippen MR) is 115 cm³/mol. The van der Waals surface area contributed by atoms with Gasteiger partial charge < -0.3 is 9.47 Å². The number of pyridine rings is 2. The predicted octanol–water partition coefficient (Wildman–Crippen LogP) is 5.42. The zero-order valence-corrected chi connectivity index (χ0v) is 16.5. The highest BCUT2D eigenvalue weighted by molar-refractivity contribution is 5.74. The molecule has 144 valence electrons. The molecule has 0 amide bonds. The van der Waals surface area contributed by atoms with E-state index in [9.17, 15) is 0 Å². The van der Waals surface area contributed by atoms with Crippen molar-refractivity contribution in [2.45, 2.75) is 6.42 Å². The van der Waals surface area contributed by atoms with E-state index in [1.165, 1.54) is 0 Å². The van der Waals surface area contributed by atoms with Crippen LogP contribution in [-0.2, 0) is 6.42 Å². The summed E-state index contributed by atoms with van der Waals surface area (Å²) < 4.78 is 11.5. The van der Waals surface area contributed by atoms with Crippen molar-refractivity contribution >= 4 is 0 Å². The molecule has 0 aliphatic heterocycles. The third-order valence-electron chi connectivity index (χ3n) is 5.00. The molecule has 4 rings (SSSR count). The van der Waals surface area contributed by atoms with Crippen molar-refractivity contribution in [2.75, 3.05) is 14.2 Å². The third-order valence-corrected chi connectivity index (χ3v) is 5.00. The molecule has 0 saturated heterocycles. The molecular weight excluding hydrogens is 360 g/mol. The molecule has 4 heteroatoms. The smallest absolute Gasteiger partial charge is 0.123 e. The summed E-state index contributed by atoms with van der Waals surface area (Å²) in [5.41, 5.74) is 6.50. The summed E-state index contributed by atoms with van der Waals surface area (Å²) in [4.78, 5) is 8.58. The maximum absolute atomic E-state index is 5.73. The molecule has 0 fully saturated rings. The lowest BCUT2D eigenvalue weighted by atomic mass is 9.90. The fraction of sp³-hybridized carbons (Fsp3) is 0.120. The van der Waals surface area contributed by atoms with Crippen molar-refractivity contribution in [2.24, 2.45) is 0 Å². The lowest BCUT2D eigenvalue weighted by molar-refractivity contribution is 0.406. The van der Waals surface area contributed by atoms with E-state index < -0.39 is 0 Å². The number of nitrogens with zero attached hydrogens (tertiary/aromatic N) is 2. The highest BCUT2D eigenvalue weighted by Crippen LogP contribution is 2.38. The number of methoxy groups -OCH3 is 2. The molecule has 0 spiro atoms. The van der Waals surface area contributed by atoms with Gasteiger partial charge in [-0.15, -0.1) is 0 Å². The van der Waals surface area contributed by atoms with E-state index in [0.29, 0.717) is 6.42 Å². The molecule has 2 aromatic carbocycles. The average molecular weight is 382 g/mol. The van der Waals surface area contributed by atoms with Gasteiger partial charge in [-0.25, -0.2) is 0 Å². The van der Waals surface area contributed by atoms with Crippen LogP contribution in [0.15, 0.2) is 85.5 Å². The summed E-state index contributed by atoms with van der Waals surface area (Å²) in [6.45, 7) is 0. The minimum absolute atomic E-state index is 0.655. The molecule has 4 nitrogen and oxygen atoms in total. The zero-order chi connectivity index (χ0) is 20.1. The first kappa shape index (κ1) is 18.7. The van der Waals surface area contributed by atoms with Gasteiger partial charge in [0.25, 0.3) is 0 Å². The molecule has 2 aromatic heterocycles. The number of rotatable bonds is 6. The Hall–Kier alpha value is -3.66. The van der Waals surface area contributed by atoms with Gasteiger partial charge >= 0.3 is 0 Å². The van der Waals surface area contributed by atoms with Crippen LogP contribution in [0.4, 0.5) is 0 Å². The fourth-order valence-electron chi connectivity index (χ4n) is 3.64. The van der Waals surface area contributed by atoms with E-state index in [2.05, 4.69) is 34.2 Å². The van der Waals surface area contributed by atoms with Gasteiger partial charge in [0.05, 0.1) is 14.2 Å². The number of aromatic nitrogens is 2. The summed E-state index contributed by atoms with van der Waals surface area (Å²) in [7, 11) is 3.41. The molecular formula is C25H22N2O2. The Kier molecular flexibility index (Phi) is 5.52. The Morgan fingerprint density at radius 2 is 1.10 bits per heavy atom. The van der Waals surface area contributed by atoms with Gasteiger partial charge in [-0.3, -0.25) is 9.97 Å².